The predicted octanol–water partition coefficient (Wildman–Crippen LogP) is 2.60. The third kappa shape index (κ3) is 3.27. The van der Waals surface area contributed by atoms with Gasteiger partial charge in [-0.2, -0.15) is 5.10 Å². The van der Waals surface area contributed by atoms with Gasteiger partial charge < -0.3 is 5.32 Å². The van der Waals surface area contributed by atoms with Crippen molar-refractivity contribution in [2.45, 2.75) is 45.7 Å². The first-order valence-electron chi connectivity index (χ1n) is 5.73. The fourth-order valence-corrected chi connectivity index (χ4v) is 1.63. The maximum atomic E-state index is 12.9. The Hall–Kier alpha value is -0.970. The van der Waals surface area contributed by atoms with E-state index in [4.69, 9.17) is 0 Å². The minimum Gasteiger partial charge on any atom is -0.304 e. The fraction of sp³-hybridized carbons (Fsp3) is 0.727. The van der Waals surface area contributed by atoms with E-state index < -0.39 is 12.5 Å². The van der Waals surface area contributed by atoms with E-state index in [1.165, 1.54) is 0 Å². The monoisotopic (exact) mass is 231 g/mol. The number of aromatic nitrogens is 2. The second-order valence-corrected chi connectivity index (χ2v) is 3.75. The third-order valence-corrected chi connectivity index (χ3v) is 2.37. The molecule has 0 amide bonds. The maximum Gasteiger partial charge on any atom is 0.259 e. The molecule has 0 saturated heterocycles. The van der Waals surface area contributed by atoms with E-state index in [9.17, 15) is 8.78 Å². The first-order valence-corrected chi connectivity index (χ1v) is 5.73. The minimum atomic E-state index is -2.40. The molecule has 1 unspecified atom stereocenters. The van der Waals surface area contributed by atoms with Crippen LogP contribution in [0.3, 0.4) is 0 Å². The second-order valence-electron chi connectivity index (χ2n) is 3.75. The Morgan fingerprint density at radius 2 is 2.12 bits per heavy atom. The van der Waals surface area contributed by atoms with Crippen molar-refractivity contribution >= 4 is 0 Å². The van der Waals surface area contributed by atoms with Gasteiger partial charge in [-0.25, -0.2) is 8.78 Å². The molecule has 0 radical (unpaired) electrons. The quantitative estimate of drug-likeness (QED) is 0.781. The summed E-state index contributed by atoms with van der Waals surface area (Å²) in [6.07, 6.45) is 0.899. The Balaban J connectivity index is 2.78. The van der Waals surface area contributed by atoms with Gasteiger partial charge in [0.1, 0.15) is 6.04 Å². The molecule has 0 aliphatic heterocycles. The molecule has 1 heterocycles. The highest BCUT2D eigenvalue weighted by Gasteiger charge is 2.24. The van der Waals surface area contributed by atoms with Gasteiger partial charge >= 0.3 is 0 Å². The summed E-state index contributed by atoms with van der Waals surface area (Å²) in [5, 5.41) is 6.92. The molecule has 3 nitrogen and oxygen atoms in total. The van der Waals surface area contributed by atoms with E-state index in [1.807, 2.05) is 13.8 Å². The number of alkyl halides is 2. The number of rotatable bonds is 7. The number of nitrogens with zero attached hydrogens (tertiary/aromatic N) is 2. The first kappa shape index (κ1) is 13.1. The molecule has 92 valence electrons. The van der Waals surface area contributed by atoms with E-state index in [1.54, 1.807) is 16.9 Å². The zero-order valence-corrected chi connectivity index (χ0v) is 9.79. The van der Waals surface area contributed by atoms with Gasteiger partial charge in [0.2, 0.25) is 0 Å². The Kier molecular flexibility index (Phi) is 5.38. The molecule has 0 saturated carbocycles. The van der Waals surface area contributed by atoms with E-state index in [0.717, 1.165) is 12.8 Å². The summed E-state index contributed by atoms with van der Waals surface area (Å²) in [6, 6.07) is 0.754. The van der Waals surface area contributed by atoms with Gasteiger partial charge in [-0.3, -0.25) is 4.68 Å². The van der Waals surface area contributed by atoms with Gasteiger partial charge in [-0.05, 0) is 25.5 Å². The molecule has 16 heavy (non-hydrogen) atoms. The van der Waals surface area contributed by atoms with Crippen LogP contribution in [0.15, 0.2) is 12.3 Å². The van der Waals surface area contributed by atoms with Gasteiger partial charge in [-0.15, -0.1) is 0 Å². The van der Waals surface area contributed by atoms with Crippen LogP contribution in [-0.2, 0) is 6.54 Å². The second kappa shape index (κ2) is 6.58. The summed E-state index contributed by atoms with van der Waals surface area (Å²) < 4.78 is 27.5. The molecule has 0 aromatic carbocycles. The lowest BCUT2D eigenvalue weighted by molar-refractivity contribution is 0.0941. The molecule has 1 aromatic heterocycles. The number of aryl methyl sites for hydroxylation is 1. The Morgan fingerprint density at radius 3 is 2.69 bits per heavy atom. The Labute approximate surface area is 94.8 Å². The normalized spacial score (nSPS) is 13.3. The van der Waals surface area contributed by atoms with Crippen molar-refractivity contribution in [2.24, 2.45) is 0 Å². The molecule has 0 fully saturated rings. The van der Waals surface area contributed by atoms with Crippen LogP contribution in [0, 0.1) is 0 Å². The summed E-state index contributed by atoms with van der Waals surface area (Å²) in [4.78, 5) is 0. The van der Waals surface area contributed by atoms with Crippen molar-refractivity contribution in [3.63, 3.8) is 0 Å². The van der Waals surface area contributed by atoms with E-state index in [0.29, 0.717) is 18.8 Å². The highest BCUT2D eigenvalue weighted by Crippen LogP contribution is 2.20. The molecule has 0 aliphatic carbocycles. The summed E-state index contributed by atoms with van der Waals surface area (Å²) in [5.41, 5.74) is 0.574. The van der Waals surface area contributed by atoms with Gasteiger partial charge in [0.05, 0.1) is 5.69 Å². The highest BCUT2D eigenvalue weighted by atomic mass is 19.3. The molecule has 1 atom stereocenters. The van der Waals surface area contributed by atoms with Crippen molar-refractivity contribution in [1.29, 1.82) is 0 Å². The van der Waals surface area contributed by atoms with Crippen LogP contribution in [-0.4, -0.2) is 22.8 Å². The largest absolute Gasteiger partial charge is 0.304 e. The lowest BCUT2D eigenvalue weighted by Gasteiger charge is -2.18. The number of hydrogen-bond acceptors (Lipinski definition) is 2. The molecular formula is C11H19F2N3. The van der Waals surface area contributed by atoms with Crippen LogP contribution in [0.25, 0.3) is 0 Å². The summed E-state index contributed by atoms with van der Waals surface area (Å²) in [7, 11) is 0. The zero-order valence-electron chi connectivity index (χ0n) is 9.79. The zero-order chi connectivity index (χ0) is 12.0. The number of halogens is 2. The maximum absolute atomic E-state index is 12.9. The lowest BCUT2D eigenvalue weighted by atomic mass is 10.2. The lowest BCUT2D eigenvalue weighted by Crippen LogP contribution is -2.30. The summed E-state index contributed by atoms with van der Waals surface area (Å²) >= 11 is 0. The van der Waals surface area contributed by atoms with Crippen LogP contribution in [0.1, 0.15) is 38.4 Å². The SMILES string of the molecule is CCCNC(c1ccnn1CCC)C(F)F. The minimum absolute atomic E-state index is 0.574. The molecule has 0 spiro atoms. The number of nitrogens with one attached hydrogen (secondary N) is 1. The molecular weight excluding hydrogens is 212 g/mol. The molecule has 0 bridgehead atoms. The van der Waals surface area contributed by atoms with E-state index in [-0.39, 0.29) is 0 Å². The van der Waals surface area contributed by atoms with Gasteiger partial charge in [-0.1, -0.05) is 13.8 Å². The van der Waals surface area contributed by atoms with E-state index >= 15 is 0 Å². The highest BCUT2D eigenvalue weighted by molar-refractivity contribution is 5.08. The van der Waals surface area contributed by atoms with E-state index in [2.05, 4.69) is 10.4 Å². The molecule has 1 aromatic rings. The first-order chi connectivity index (χ1) is 7.70. The van der Waals surface area contributed by atoms with Crippen molar-refractivity contribution in [3.05, 3.63) is 18.0 Å². The van der Waals surface area contributed by atoms with Crippen LogP contribution in [0.2, 0.25) is 0 Å². The fourth-order valence-electron chi connectivity index (χ4n) is 1.63. The van der Waals surface area contributed by atoms with Crippen molar-refractivity contribution < 1.29 is 8.78 Å². The number of hydrogen-bond donors (Lipinski definition) is 1. The Morgan fingerprint density at radius 1 is 1.38 bits per heavy atom. The average molecular weight is 231 g/mol. The smallest absolute Gasteiger partial charge is 0.259 e. The van der Waals surface area contributed by atoms with Crippen molar-refractivity contribution in [1.82, 2.24) is 15.1 Å². The summed E-state index contributed by atoms with van der Waals surface area (Å²) in [6.45, 7) is 5.23. The van der Waals surface area contributed by atoms with Crippen LogP contribution in [0.4, 0.5) is 8.78 Å². The van der Waals surface area contributed by atoms with Gasteiger partial charge in [0.15, 0.2) is 0 Å². The van der Waals surface area contributed by atoms with Crippen LogP contribution in [0.5, 0.6) is 0 Å². The Bertz CT molecular complexity index is 299. The standard InChI is InChI=1S/C11H19F2N3/c1-3-6-14-10(11(12)13)9-5-7-15-16(9)8-4-2/h5,7,10-11,14H,3-4,6,8H2,1-2H3. The average Bonchev–Trinajstić information content (AvgIpc) is 2.67. The van der Waals surface area contributed by atoms with Crippen LogP contribution >= 0.6 is 0 Å². The van der Waals surface area contributed by atoms with Gasteiger partial charge in [0.25, 0.3) is 6.43 Å². The van der Waals surface area contributed by atoms with Gasteiger partial charge in [0, 0.05) is 12.7 Å². The topological polar surface area (TPSA) is 29.9 Å². The predicted molar refractivity (Wildman–Crippen MR) is 59.6 cm³/mol. The summed E-state index contributed by atoms with van der Waals surface area (Å²) in [5.74, 6) is 0. The van der Waals surface area contributed by atoms with Crippen LogP contribution < -0.4 is 5.32 Å². The molecule has 1 N–H and O–H groups in total. The van der Waals surface area contributed by atoms with Crippen molar-refractivity contribution in [3.8, 4) is 0 Å². The van der Waals surface area contributed by atoms with Crippen molar-refractivity contribution in [2.75, 3.05) is 6.54 Å². The molecule has 1 rings (SSSR count). The third-order valence-electron chi connectivity index (χ3n) is 2.37. The molecule has 5 heteroatoms. The molecule has 0 aliphatic rings.